The number of rotatable bonds is 7. The maximum absolute atomic E-state index is 12.5. The van der Waals surface area contributed by atoms with E-state index in [0.29, 0.717) is 5.75 Å². The van der Waals surface area contributed by atoms with Gasteiger partial charge in [-0.25, -0.2) is 0 Å². The molecule has 0 bridgehead atoms. The van der Waals surface area contributed by atoms with E-state index in [1.54, 1.807) is 0 Å². The maximum atomic E-state index is 12.5. The van der Waals surface area contributed by atoms with Gasteiger partial charge in [0.2, 0.25) is 0 Å². The third kappa shape index (κ3) is 8.25. The summed E-state index contributed by atoms with van der Waals surface area (Å²) in [5, 5.41) is 20.3. The molecule has 1 unspecified atom stereocenters. The minimum Gasteiger partial charge on any atom is -0.507 e. The molecule has 6 aromatic carbocycles. The van der Waals surface area contributed by atoms with Gasteiger partial charge in [0.05, 0.1) is 17.1 Å². The standard InChI is InChI=1S/C57H63N3O/c1-36(2)40-32-47(53(61)48(33-40)57(9,10)11)54-59-52-45(23-18-24-51(52)60(54)50-26-25-43(55(3,4)5)35-46(50)38-21-16-13-17-22-38)41-29-42(31-44(30-41)56(6,7)8)49-34-39(27-28-58-49)37-19-14-12-15-20-37/h12-27,29-36,54,58-59,61H,28H2,1-11H3. The van der Waals surface area contributed by atoms with Gasteiger partial charge in [0.1, 0.15) is 11.9 Å². The fourth-order valence-electron chi connectivity index (χ4n) is 8.74. The Bertz CT molecular complexity index is 2650. The molecule has 2 heterocycles. The number of benzene rings is 6. The second kappa shape index (κ2) is 15.8. The average Bonchev–Trinajstić information content (AvgIpc) is 3.62. The lowest BCUT2D eigenvalue weighted by molar-refractivity contribution is 0.436. The molecular formula is C57H63N3O. The van der Waals surface area contributed by atoms with Gasteiger partial charge >= 0.3 is 0 Å². The lowest BCUT2D eigenvalue weighted by Crippen LogP contribution is -2.26. The molecule has 2 aliphatic rings. The summed E-state index contributed by atoms with van der Waals surface area (Å²) < 4.78 is 0. The molecule has 61 heavy (non-hydrogen) atoms. The molecule has 312 valence electrons. The van der Waals surface area contributed by atoms with Gasteiger partial charge in [0.15, 0.2) is 0 Å². The van der Waals surface area contributed by atoms with E-state index < -0.39 is 6.17 Å². The number of aromatic hydroxyl groups is 1. The lowest BCUT2D eigenvalue weighted by Gasteiger charge is -2.33. The van der Waals surface area contributed by atoms with Crippen molar-refractivity contribution in [3.05, 3.63) is 178 Å². The van der Waals surface area contributed by atoms with Gasteiger partial charge in [0, 0.05) is 28.9 Å². The van der Waals surface area contributed by atoms with Crippen molar-refractivity contribution in [2.24, 2.45) is 0 Å². The Kier molecular flexibility index (Phi) is 10.8. The normalized spacial score (nSPS) is 15.5. The number of fused-ring (bicyclic) bond motifs is 1. The minimum atomic E-state index is -0.398. The number of nitrogens with one attached hydrogen (secondary N) is 2. The van der Waals surface area contributed by atoms with Crippen LogP contribution in [0.1, 0.15) is 127 Å². The zero-order valence-electron chi connectivity index (χ0n) is 38.0. The molecule has 0 fully saturated rings. The van der Waals surface area contributed by atoms with E-state index in [0.717, 1.165) is 68.2 Å². The topological polar surface area (TPSA) is 47.5 Å². The van der Waals surface area contributed by atoms with Crippen LogP contribution in [0.5, 0.6) is 5.75 Å². The predicted octanol–water partition coefficient (Wildman–Crippen LogP) is 15.0. The average molecular weight is 806 g/mol. The van der Waals surface area contributed by atoms with Crippen LogP contribution in [0.2, 0.25) is 0 Å². The summed E-state index contributed by atoms with van der Waals surface area (Å²) >= 11 is 0. The smallest absolute Gasteiger partial charge is 0.134 e. The van der Waals surface area contributed by atoms with Gasteiger partial charge in [-0.15, -0.1) is 0 Å². The van der Waals surface area contributed by atoms with Crippen LogP contribution in [0.3, 0.4) is 0 Å². The van der Waals surface area contributed by atoms with Crippen LogP contribution in [-0.4, -0.2) is 11.7 Å². The van der Waals surface area contributed by atoms with Crippen molar-refractivity contribution in [3.63, 3.8) is 0 Å². The van der Waals surface area contributed by atoms with E-state index in [9.17, 15) is 5.11 Å². The van der Waals surface area contributed by atoms with E-state index >= 15 is 0 Å². The summed E-state index contributed by atoms with van der Waals surface area (Å²) in [6, 6.07) is 46.5. The Morgan fingerprint density at radius 2 is 1.25 bits per heavy atom. The highest BCUT2D eigenvalue weighted by molar-refractivity contribution is 5.98. The second-order valence-electron chi connectivity index (χ2n) is 20.4. The SMILES string of the molecule is CC(C)c1cc(C2Nc3c(-c4cc(C5=CC(c6ccccc6)=CCN5)cc(C(C)(C)C)c4)cccc3N2c2ccc(C(C)(C)C)cc2-c2ccccc2)c(O)c(C(C)(C)C)c1. The number of allylic oxidation sites excluding steroid dienone is 2. The van der Waals surface area contributed by atoms with Gasteiger partial charge < -0.3 is 20.6 Å². The van der Waals surface area contributed by atoms with Gasteiger partial charge in [-0.3, -0.25) is 0 Å². The lowest BCUT2D eigenvalue weighted by atomic mass is 9.82. The molecule has 0 radical (unpaired) electrons. The van der Waals surface area contributed by atoms with Crippen molar-refractivity contribution in [1.29, 1.82) is 0 Å². The number of anilines is 3. The van der Waals surface area contributed by atoms with Gasteiger partial charge in [-0.2, -0.15) is 0 Å². The molecule has 0 amide bonds. The van der Waals surface area contributed by atoms with Crippen LogP contribution in [0.15, 0.2) is 140 Å². The molecular weight excluding hydrogens is 743 g/mol. The molecule has 0 spiro atoms. The van der Waals surface area contributed by atoms with E-state index in [-0.39, 0.29) is 22.2 Å². The van der Waals surface area contributed by atoms with Crippen LogP contribution in [-0.2, 0) is 16.2 Å². The molecule has 0 saturated carbocycles. The van der Waals surface area contributed by atoms with E-state index in [2.05, 4.69) is 231 Å². The van der Waals surface area contributed by atoms with Crippen LogP contribution < -0.4 is 15.5 Å². The third-order valence-electron chi connectivity index (χ3n) is 12.4. The molecule has 4 nitrogen and oxygen atoms in total. The minimum absolute atomic E-state index is 0.0443. The highest BCUT2D eigenvalue weighted by Crippen LogP contribution is 2.55. The Hall–Kier alpha value is -6.00. The largest absolute Gasteiger partial charge is 0.507 e. The van der Waals surface area contributed by atoms with Crippen molar-refractivity contribution in [1.82, 2.24) is 5.32 Å². The van der Waals surface area contributed by atoms with Crippen LogP contribution in [0.4, 0.5) is 17.1 Å². The number of nitrogens with zero attached hydrogens (tertiary/aromatic N) is 1. The first-order chi connectivity index (χ1) is 28.9. The Morgan fingerprint density at radius 3 is 1.89 bits per heavy atom. The zero-order valence-corrected chi connectivity index (χ0v) is 38.0. The van der Waals surface area contributed by atoms with Crippen molar-refractivity contribution >= 4 is 28.3 Å². The summed E-state index contributed by atoms with van der Waals surface area (Å²) in [7, 11) is 0. The number of hydrogen-bond acceptors (Lipinski definition) is 4. The number of hydrogen-bond donors (Lipinski definition) is 3. The molecule has 0 aliphatic carbocycles. The molecule has 6 aromatic rings. The van der Waals surface area contributed by atoms with Crippen molar-refractivity contribution in [3.8, 4) is 28.0 Å². The first-order valence-corrected chi connectivity index (χ1v) is 22.0. The molecule has 2 aliphatic heterocycles. The molecule has 8 rings (SSSR count). The van der Waals surface area contributed by atoms with Crippen molar-refractivity contribution in [2.75, 3.05) is 16.8 Å². The number of para-hydroxylation sites is 1. The van der Waals surface area contributed by atoms with Crippen LogP contribution in [0.25, 0.3) is 33.5 Å². The quantitative estimate of drug-likeness (QED) is 0.150. The first kappa shape index (κ1) is 41.7. The number of phenolic OH excluding ortho intramolecular Hbond substituents is 1. The number of phenols is 1. The van der Waals surface area contributed by atoms with Gasteiger partial charge in [-0.05, 0) is 115 Å². The first-order valence-electron chi connectivity index (χ1n) is 22.0. The molecule has 4 heteroatoms. The summed E-state index contributed by atoms with van der Waals surface area (Å²) in [4.78, 5) is 2.44. The van der Waals surface area contributed by atoms with E-state index in [1.165, 1.54) is 27.8 Å². The van der Waals surface area contributed by atoms with Crippen molar-refractivity contribution in [2.45, 2.75) is 104 Å². The maximum Gasteiger partial charge on any atom is 0.134 e. The Labute approximate surface area is 365 Å². The highest BCUT2D eigenvalue weighted by Gasteiger charge is 2.38. The van der Waals surface area contributed by atoms with Crippen LogP contribution in [0, 0.1) is 0 Å². The molecule has 1 atom stereocenters. The van der Waals surface area contributed by atoms with Gasteiger partial charge in [-0.1, -0.05) is 173 Å². The predicted molar refractivity (Wildman–Crippen MR) is 261 cm³/mol. The zero-order chi connectivity index (χ0) is 43.4. The fraction of sp³-hybridized carbons (Fsp3) is 0.298. The summed E-state index contributed by atoms with van der Waals surface area (Å²) in [6.07, 6.45) is 4.16. The second-order valence-corrected chi connectivity index (χ2v) is 20.4. The molecule has 0 saturated heterocycles. The monoisotopic (exact) mass is 805 g/mol. The summed E-state index contributed by atoms with van der Waals surface area (Å²) in [5.74, 6) is 0.619. The Balaban J connectivity index is 1.37. The van der Waals surface area contributed by atoms with E-state index in [1.807, 2.05) is 0 Å². The van der Waals surface area contributed by atoms with Crippen LogP contribution >= 0.6 is 0 Å². The molecule has 0 aromatic heterocycles. The fourth-order valence-corrected chi connectivity index (χ4v) is 8.74. The third-order valence-corrected chi connectivity index (χ3v) is 12.4. The van der Waals surface area contributed by atoms with E-state index in [4.69, 9.17) is 0 Å². The summed E-state index contributed by atoms with van der Waals surface area (Å²) in [5.41, 5.74) is 17.7. The highest BCUT2D eigenvalue weighted by atomic mass is 16.3. The Morgan fingerprint density at radius 1 is 0.590 bits per heavy atom. The van der Waals surface area contributed by atoms with Crippen molar-refractivity contribution < 1.29 is 5.11 Å². The summed E-state index contributed by atoms with van der Waals surface area (Å²) in [6.45, 7) is 25.5. The molecule has 3 N–H and O–H groups in total. The van der Waals surface area contributed by atoms with Gasteiger partial charge in [0.25, 0.3) is 0 Å². The number of dihydropyridines is 1.